The normalized spacial score (nSPS) is 11.3. The molecule has 0 aliphatic heterocycles. The van der Waals surface area contributed by atoms with Crippen molar-refractivity contribution in [3.8, 4) is 22.3 Å². The Morgan fingerprint density at radius 1 is 0.500 bits per heavy atom. The van der Waals surface area contributed by atoms with Gasteiger partial charge in [-0.1, -0.05) is 88.8 Å². The third kappa shape index (κ3) is 7.26. The van der Waals surface area contributed by atoms with Gasteiger partial charge in [-0.05, 0) is 41.5 Å². The Hall–Kier alpha value is -3.00. The number of benzene rings is 2. The Kier molecular flexibility index (Phi) is 10.1. The first-order valence-electron chi connectivity index (χ1n) is 14.3. The van der Waals surface area contributed by atoms with Crippen LogP contribution in [0.1, 0.15) is 78.1 Å². The van der Waals surface area contributed by atoms with E-state index < -0.39 is 0 Å². The van der Waals surface area contributed by atoms with E-state index in [0.29, 0.717) is 0 Å². The van der Waals surface area contributed by atoms with Crippen LogP contribution in [0, 0.1) is 0 Å². The number of hydrogen-bond donors (Lipinski definition) is 0. The molecule has 0 radical (unpaired) electrons. The van der Waals surface area contributed by atoms with Crippen molar-refractivity contribution in [1.82, 2.24) is 0 Å². The number of pyridine rings is 2. The minimum Gasteiger partial charge on any atom is -0.205 e. The van der Waals surface area contributed by atoms with Crippen molar-refractivity contribution >= 4 is 10.8 Å². The molecular weight excluding hydrogens is 436 g/mol. The zero-order chi connectivity index (χ0) is 25.0. The fraction of sp³-hybridized carbons (Fsp3) is 0.412. The SMILES string of the molecule is CCCCCCC[n+]1ccc(-c2ccc3c[n+](CCCCCCC)ccc3c2)c(-c2ccccc2)c1. The summed E-state index contributed by atoms with van der Waals surface area (Å²) in [4.78, 5) is 0. The van der Waals surface area contributed by atoms with Gasteiger partial charge in [0.15, 0.2) is 24.8 Å². The summed E-state index contributed by atoms with van der Waals surface area (Å²) in [5.74, 6) is 0. The lowest BCUT2D eigenvalue weighted by atomic mass is 9.95. The summed E-state index contributed by atoms with van der Waals surface area (Å²) in [5, 5.41) is 2.62. The second kappa shape index (κ2) is 13.9. The summed E-state index contributed by atoms with van der Waals surface area (Å²) in [7, 11) is 0. The summed E-state index contributed by atoms with van der Waals surface area (Å²) in [6, 6.07) is 22.4. The molecule has 0 saturated carbocycles. The number of unbranched alkanes of at least 4 members (excludes halogenated alkanes) is 8. The highest BCUT2D eigenvalue weighted by Crippen LogP contribution is 2.32. The van der Waals surface area contributed by atoms with E-state index in [4.69, 9.17) is 0 Å². The fourth-order valence-electron chi connectivity index (χ4n) is 5.11. The van der Waals surface area contributed by atoms with Crippen molar-refractivity contribution in [3.05, 3.63) is 85.5 Å². The zero-order valence-electron chi connectivity index (χ0n) is 22.5. The molecule has 4 aromatic rings. The van der Waals surface area contributed by atoms with Crippen molar-refractivity contribution in [1.29, 1.82) is 0 Å². The lowest BCUT2D eigenvalue weighted by Crippen LogP contribution is -2.33. The Bertz CT molecular complexity index is 1210. The molecule has 0 aliphatic carbocycles. The van der Waals surface area contributed by atoms with Crippen molar-refractivity contribution in [2.24, 2.45) is 0 Å². The Balaban J connectivity index is 1.55. The predicted molar refractivity (Wildman–Crippen MR) is 153 cm³/mol. The molecule has 0 amide bonds. The predicted octanol–water partition coefficient (Wildman–Crippen LogP) is 8.69. The molecule has 2 heterocycles. The molecule has 2 aromatic heterocycles. The number of fused-ring (bicyclic) bond motifs is 1. The van der Waals surface area contributed by atoms with Crippen LogP contribution < -0.4 is 9.13 Å². The highest BCUT2D eigenvalue weighted by atomic mass is 14.9. The smallest absolute Gasteiger partial charge is 0.177 e. The minimum atomic E-state index is 1.08. The van der Waals surface area contributed by atoms with Crippen LogP contribution in [-0.4, -0.2) is 0 Å². The minimum absolute atomic E-state index is 1.08. The highest BCUT2D eigenvalue weighted by molar-refractivity contribution is 5.90. The van der Waals surface area contributed by atoms with Crippen LogP contribution in [0.15, 0.2) is 85.5 Å². The molecule has 36 heavy (non-hydrogen) atoms. The number of nitrogens with zero attached hydrogens (tertiary/aromatic N) is 2. The maximum atomic E-state index is 2.38. The summed E-state index contributed by atoms with van der Waals surface area (Å²) < 4.78 is 4.73. The molecule has 0 atom stereocenters. The summed E-state index contributed by atoms with van der Waals surface area (Å²) in [5.41, 5.74) is 5.18. The van der Waals surface area contributed by atoms with Crippen LogP contribution in [0.25, 0.3) is 33.0 Å². The molecule has 0 N–H and O–H groups in total. The second-order valence-electron chi connectivity index (χ2n) is 10.2. The van der Waals surface area contributed by atoms with Gasteiger partial charge >= 0.3 is 0 Å². The van der Waals surface area contributed by atoms with Crippen LogP contribution >= 0.6 is 0 Å². The maximum absolute atomic E-state index is 2.38. The van der Waals surface area contributed by atoms with E-state index in [9.17, 15) is 0 Å². The standard InChI is InChI=1S/C34H44N2/c1-3-5-7-9-14-22-35-24-20-30-26-31(18-19-32(30)27-35)33-21-25-36(23-15-10-8-6-4-2)28-34(33)29-16-12-11-13-17-29/h11-13,16-21,24-28H,3-10,14-15,22-23H2,1-2H3/q+2. The average Bonchev–Trinajstić information content (AvgIpc) is 2.93. The van der Waals surface area contributed by atoms with Gasteiger partial charge in [0, 0.05) is 35.9 Å². The van der Waals surface area contributed by atoms with Gasteiger partial charge < -0.3 is 0 Å². The average molecular weight is 481 g/mol. The quantitative estimate of drug-likeness (QED) is 0.126. The van der Waals surface area contributed by atoms with Crippen molar-refractivity contribution in [2.75, 3.05) is 0 Å². The molecule has 0 unspecified atom stereocenters. The third-order valence-electron chi connectivity index (χ3n) is 7.29. The second-order valence-corrected chi connectivity index (χ2v) is 10.2. The first kappa shape index (κ1) is 26.1. The molecule has 2 aromatic carbocycles. The molecule has 188 valence electrons. The largest absolute Gasteiger partial charge is 0.205 e. The van der Waals surface area contributed by atoms with Gasteiger partial charge in [0.2, 0.25) is 0 Å². The topological polar surface area (TPSA) is 7.76 Å². The van der Waals surface area contributed by atoms with E-state index in [1.54, 1.807) is 0 Å². The van der Waals surface area contributed by atoms with Gasteiger partial charge in [0.25, 0.3) is 0 Å². The zero-order valence-corrected chi connectivity index (χ0v) is 22.5. The molecule has 2 nitrogen and oxygen atoms in total. The van der Waals surface area contributed by atoms with Crippen LogP contribution in [0.5, 0.6) is 0 Å². The number of aromatic nitrogens is 2. The monoisotopic (exact) mass is 480 g/mol. The third-order valence-corrected chi connectivity index (χ3v) is 7.29. The number of hydrogen-bond acceptors (Lipinski definition) is 0. The lowest BCUT2D eigenvalue weighted by Gasteiger charge is -2.10. The van der Waals surface area contributed by atoms with Gasteiger partial charge in [0.1, 0.15) is 13.1 Å². The van der Waals surface area contributed by atoms with E-state index in [-0.39, 0.29) is 0 Å². The van der Waals surface area contributed by atoms with Crippen molar-refractivity contribution in [2.45, 2.75) is 91.1 Å². The van der Waals surface area contributed by atoms with Crippen LogP contribution in [0.2, 0.25) is 0 Å². The van der Waals surface area contributed by atoms with Crippen LogP contribution in [-0.2, 0) is 13.1 Å². The molecule has 0 fully saturated rings. The summed E-state index contributed by atoms with van der Waals surface area (Å²) in [6.45, 7) is 6.74. The van der Waals surface area contributed by atoms with E-state index in [1.807, 2.05) is 0 Å². The molecular formula is C34H44N2+2. The molecule has 4 rings (SSSR count). The maximum Gasteiger partial charge on any atom is 0.177 e. The van der Waals surface area contributed by atoms with Crippen LogP contribution in [0.3, 0.4) is 0 Å². The van der Waals surface area contributed by atoms with Gasteiger partial charge in [-0.15, -0.1) is 0 Å². The summed E-state index contributed by atoms with van der Waals surface area (Å²) in [6.07, 6.45) is 22.3. The lowest BCUT2D eigenvalue weighted by molar-refractivity contribution is -0.696. The molecule has 0 aliphatic rings. The van der Waals surface area contributed by atoms with Gasteiger partial charge in [-0.2, -0.15) is 0 Å². The van der Waals surface area contributed by atoms with Gasteiger partial charge in [-0.3, -0.25) is 0 Å². The first-order chi connectivity index (χ1) is 17.8. The highest BCUT2D eigenvalue weighted by Gasteiger charge is 2.14. The van der Waals surface area contributed by atoms with Crippen molar-refractivity contribution < 1.29 is 9.13 Å². The summed E-state index contributed by atoms with van der Waals surface area (Å²) >= 11 is 0. The molecule has 0 saturated heterocycles. The number of aryl methyl sites for hydroxylation is 2. The Morgan fingerprint density at radius 2 is 1.14 bits per heavy atom. The Labute approximate surface area is 218 Å². The molecule has 0 spiro atoms. The molecule has 2 heteroatoms. The van der Waals surface area contributed by atoms with Crippen molar-refractivity contribution in [3.63, 3.8) is 0 Å². The van der Waals surface area contributed by atoms with E-state index in [1.165, 1.54) is 97.2 Å². The van der Waals surface area contributed by atoms with E-state index in [0.717, 1.165) is 13.1 Å². The Morgan fingerprint density at radius 3 is 1.83 bits per heavy atom. The van der Waals surface area contributed by atoms with Gasteiger partial charge in [-0.25, -0.2) is 9.13 Å². The fourth-order valence-corrected chi connectivity index (χ4v) is 5.11. The first-order valence-corrected chi connectivity index (χ1v) is 14.3. The van der Waals surface area contributed by atoms with E-state index in [2.05, 4.69) is 108 Å². The molecule has 0 bridgehead atoms. The van der Waals surface area contributed by atoms with Gasteiger partial charge in [0.05, 0.1) is 5.56 Å². The van der Waals surface area contributed by atoms with E-state index >= 15 is 0 Å². The number of rotatable bonds is 14. The van der Waals surface area contributed by atoms with Crippen LogP contribution in [0.4, 0.5) is 0 Å².